The van der Waals surface area contributed by atoms with E-state index in [0.717, 1.165) is 41.1 Å². The van der Waals surface area contributed by atoms with Crippen molar-refractivity contribution in [1.29, 1.82) is 0 Å². The molecule has 2 heterocycles. The van der Waals surface area contributed by atoms with E-state index in [1.165, 1.54) is 18.4 Å². The molecule has 0 aliphatic carbocycles. The molecule has 1 aliphatic heterocycles. The first-order valence-electron chi connectivity index (χ1n) is 10.1. The van der Waals surface area contributed by atoms with Crippen LogP contribution in [0.4, 0.5) is 5.00 Å². The number of hydrogen-bond donors (Lipinski definition) is 1. The van der Waals surface area contributed by atoms with Crippen molar-refractivity contribution in [3.63, 3.8) is 0 Å². The maximum Gasteiger partial charge on any atom is 0.341 e. The number of methoxy groups -OCH3 is 1. The summed E-state index contributed by atoms with van der Waals surface area (Å²) < 4.78 is 5.04. The molecule has 31 heavy (non-hydrogen) atoms. The average Bonchev–Trinajstić information content (AvgIpc) is 3.14. The number of anilines is 1. The summed E-state index contributed by atoms with van der Waals surface area (Å²) in [6.07, 6.45) is 2.62. The molecular weight excluding hydrogens is 408 g/mol. The minimum absolute atomic E-state index is 0.257. The van der Waals surface area contributed by atoms with Crippen molar-refractivity contribution in [2.75, 3.05) is 26.0 Å². The highest BCUT2D eigenvalue weighted by Gasteiger charge is 2.29. The molecule has 0 saturated heterocycles. The lowest BCUT2D eigenvalue weighted by Gasteiger charge is -2.22. The Hall–Kier alpha value is -3.22. The number of amides is 1. The summed E-state index contributed by atoms with van der Waals surface area (Å²) in [7, 11) is 3.42. The fourth-order valence-corrected chi connectivity index (χ4v) is 5.03. The molecule has 1 amide bonds. The quantitative estimate of drug-likeness (QED) is 0.361. The number of likely N-dealkylation sites (N-methyl/N-ethyl adjacent to an activating group) is 1. The third kappa shape index (κ3) is 4.60. The molecule has 5 nitrogen and oxygen atoms in total. The number of benzene rings is 2. The Labute approximate surface area is 186 Å². The van der Waals surface area contributed by atoms with Crippen LogP contribution in [-0.4, -0.2) is 37.5 Å². The Morgan fingerprint density at radius 1 is 1.06 bits per heavy atom. The van der Waals surface area contributed by atoms with Crippen LogP contribution in [0.1, 0.15) is 31.9 Å². The molecule has 1 N–H and O–H groups in total. The number of esters is 1. The summed E-state index contributed by atoms with van der Waals surface area (Å²) in [4.78, 5) is 29.3. The van der Waals surface area contributed by atoms with Crippen molar-refractivity contribution in [2.45, 2.75) is 13.0 Å². The van der Waals surface area contributed by atoms with Gasteiger partial charge in [0.25, 0.3) is 5.91 Å². The summed E-state index contributed by atoms with van der Waals surface area (Å²) in [5, 5.41) is 3.56. The Morgan fingerprint density at radius 3 is 2.42 bits per heavy atom. The van der Waals surface area contributed by atoms with Crippen molar-refractivity contribution < 1.29 is 14.3 Å². The van der Waals surface area contributed by atoms with E-state index in [-0.39, 0.29) is 5.91 Å². The number of hydrogen-bond acceptors (Lipinski definition) is 5. The first-order chi connectivity index (χ1) is 15.1. The van der Waals surface area contributed by atoms with E-state index in [4.69, 9.17) is 4.74 Å². The highest BCUT2D eigenvalue weighted by molar-refractivity contribution is 7.17. The standard InChI is InChI=1S/C25H24N2O3S/c1-27-14-13-19-21(16-27)31-24(22(19)25(29)30-2)26-23(28)20(18-11-7-4-8-12-18)15-17-9-5-3-6-10-17/h3-12,15H,13-14,16H2,1-2H3,(H,26,28)/b20-15+. The van der Waals surface area contributed by atoms with Crippen LogP contribution in [0.25, 0.3) is 11.6 Å². The van der Waals surface area contributed by atoms with Crippen molar-refractivity contribution in [2.24, 2.45) is 0 Å². The predicted molar refractivity (Wildman–Crippen MR) is 125 cm³/mol. The topological polar surface area (TPSA) is 58.6 Å². The first-order valence-corrected chi connectivity index (χ1v) is 10.9. The first kappa shape index (κ1) is 21.0. The summed E-state index contributed by atoms with van der Waals surface area (Å²) in [5.41, 5.74) is 3.74. The molecule has 6 heteroatoms. The Balaban J connectivity index is 1.73. The third-order valence-electron chi connectivity index (χ3n) is 5.30. The number of nitrogens with zero attached hydrogens (tertiary/aromatic N) is 1. The zero-order chi connectivity index (χ0) is 21.8. The molecule has 1 aliphatic rings. The second-order valence-corrected chi connectivity index (χ2v) is 8.58. The van der Waals surface area contributed by atoms with E-state index in [9.17, 15) is 9.59 Å². The highest BCUT2D eigenvalue weighted by atomic mass is 32.1. The number of fused-ring (bicyclic) bond motifs is 1. The van der Waals surface area contributed by atoms with Gasteiger partial charge < -0.3 is 15.0 Å². The zero-order valence-corrected chi connectivity index (χ0v) is 18.4. The van der Waals surface area contributed by atoms with Crippen LogP contribution in [0.15, 0.2) is 60.7 Å². The zero-order valence-electron chi connectivity index (χ0n) is 17.6. The van der Waals surface area contributed by atoms with Crippen molar-refractivity contribution in [3.8, 4) is 0 Å². The molecule has 0 fully saturated rings. The molecule has 0 bridgehead atoms. The number of rotatable bonds is 5. The third-order valence-corrected chi connectivity index (χ3v) is 6.44. The molecular formula is C25H24N2O3S. The summed E-state index contributed by atoms with van der Waals surface area (Å²) in [6.45, 7) is 1.62. The van der Waals surface area contributed by atoms with Crippen LogP contribution >= 0.6 is 11.3 Å². The van der Waals surface area contributed by atoms with E-state index in [1.807, 2.05) is 66.7 Å². The van der Waals surface area contributed by atoms with Gasteiger partial charge in [-0.25, -0.2) is 4.79 Å². The molecule has 1 aromatic heterocycles. The molecule has 0 atom stereocenters. The fourth-order valence-electron chi connectivity index (χ4n) is 3.72. The van der Waals surface area contributed by atoms with Crippen molar-refractivity contribution in [3.05, 3.63) is 87.8 Å². The minimum Gasteiger partial charge on any atom is -0.465 e. The van der Waals surface area contributed by atoms with Gasteiger partial charge in [0.1, 0.15) is 5.00 Å². The fraction of sp³-hybridized carbons (Fsp3) is 0.200. The summed E-state index contributed by atoms with van der Waals surface area (Å²) in [5.74, 6) is -0.669. The lowest BCUT2D eigenvalue weighted by molar-refractivity contribution is -0.111. The predicted octanol–water partition coefficient (Wildman–Crippen LogP) is 4.70. The number of carbonyl (C=O) groups is 2. The smallest absolute Gasteiger partial charge is 0.341 e. The van der Waals surface area contributed by atoms with E-state index in [0.29, 0.717) is 16.1 Å². The molecule has 158 valence electrons. The van der Waals surface area contributed by atoms with Gasteiger partial charge in [-0.15, -0.1) is 11.3 Å². The Morgan fingerprint density at radius 2 is 1.74 bits per heavy atom. The number of thiophene rings is 1. The van der Waals surface area contributed by atoms with E-state index in [1.54, 1.807) is 0 Å². The van der Waals surface area contributed by atoms with Gasteiger partial charge in [-0.2, -0.15) is 0 Å². The van der Waals surface area contributed by atoms with Crippen molar-refractivity contribution in [1.82, 2.24) is 4.90 Å². The Kier molecular flexibility index (Phi) is 6.30. The van der Waals surface area contributed by atoms with Crippen LogP contribution in [0.5, 0.6) is 0 Å². The van der Waals surface area contributed by atoms with Gasteiger partial charge >= 0.3 is 5.97 Å². The van der Waals surface area contributed by atoms with Crippen LogP contribution in [-0.2, 0) is 22.5 Å². The van der Waals surface area contributed by atoms with Gasteiger partial charge in [0.05, 0.1) is 12.7 Å². The maximum atomic E-state index is 13.4. The van der Waals surface area contributed by atoms with Crippen LogP contribution in [0.2, 0.25) is 0 Å². The molecule has 0 saturated carbocycles. The van der Waals surface area contributed by atoms with E-state index < -0.39 is 5.97 Å². The molecule has 3 aromatic rings. The van der Waals surface area contributed by atoms with Crippen LogP contribution < -0.4 is 5.32 Å². The highest BCUT2D eigenvalue weighted by Crippen LogP contribution is 2.38. The normalized spacial score (nSPS) is 14.1. The van der Waals surface area contributed by atoms with Crippen molar-refractivity contribution >= 4 is 39.9 Å². The number of nitrogens with one attached hydrogen (secondary N) is 1. The molecule has 0 unspecified atom stereocenters. The monoisotopic (exact) mass is 432 g/mol. The minimum atomic E-state index is -0.411. The molecule has 2 aromatic carbocycles. The van der Waals surface area contributed by atoms with Gasteiger partial charge in [0.2, 0.25) is 0 Å². The lowest BCUT2D eigenvalue weighted by Crippen LogP contribution is -2.26. The molecule has 0 radical (unpaired) electrons. The maximum absolute atomic E-state index is 13.4. The second-order valence-electron chi connectivity index (χ2n) is 7.48. The number of carbonyl (C=O) groups excluding carboxylic acids is 2. The second kappa shape index (κ2) is 9.29. The lowest BCUT2D eigenvalue weighted by atomic mass is 10.0. The van der Waals surface area contributed by atoms with Gasteiger partial charge in [-0.05, 0) is 36.2 Å². The SMILES string of the molecule is COC(=O)c1c(NC(=O)/C(=C/c2ccccc2)c2ccccc2)sc2c1CCN(C)C2. The molecule has 0 spiro atoms. The summed E-state index contributed by atoms with van der Waals surface area (Å²) >= 11 is 1.45. The Bertz CT molecular complexity index is 1120. The molecule has 4 rings (SSSR count). The largest absolute Gasteiger partial charge is 0.465 e. The van der Waals surface area contributed by atoms with Gasteiger partial charge in [0, 0.05) is 23.5 Å². The number of ether oxygens (including phenoxy) is 1. The van der Waals surface area contributed by atoms with Gasteiger partial charge in [-0.1, -0.05) is 60.7 Å². The van der Waals surface area contributed by atoms with E-state index >= 15 is 0 Å². The average molecular weight is 433 g/mol. The van der Waals surface area contributed by atoms with Crippen LogP contribution in [0, 0.1) is 0 Å². The summed E-state index contributed by atoms with van der Waals surface area (Å²) in [6, 6.07) is 19.3. The van der Waals surface area contributed by atoms with Gasteiger partial charge in [-0.3, -0.25) is 4.79 Å². The van der Waals surface area contributed by atoms with Gasteiger partial charge in [0.15, 0.2) is 0 Å². The van der Waals surface area contributed by atoms with Crippen LogP contribution in [0.3, 0.4) is 0 Å². The van der Waals surface area contributed by atoms with E-state index in [2.05, 4.69) is 17.3 Å².